The molecule has 2 aromatic heterocycles. The molecule has 29 heavy (non-hydrogen) atoms. The Balaban J connectivity index is 1.63. The van der Waals surface area contributed by atoms with Gasteiger partial charge >= 0.3 is 0 Å². The fraction of sp³-hybridized carbons (Fsp3) is 0.105. The normalized spacial score (nSPS) is 11.7. The average molecular weight is 408 g/mol. The fourth-order valence-corrected chi connectivity index (χ4v) is 3.79. The SMILES string of the molecule is C/C(=N/Nc1nc2ccccc2s1)c1c(C)[nH]n(-c2ccc([N+](=O)[O-])cc2)c1=O. The summed E-state index contributed by atoms with van der Waals surface area (Å²) in [6.45, 7) is 3.51. The molecule has 0 aliphatic heterocycles. The van der Waals surface area contributed by atoms with Crippen LogP contribution in [0.3, 0.4) is 0 Å². The number of aromatic nitrogens is 3. The first-order valence-electron chi connectivity index (χ1n) is 8.67. The number of para-hydroxylation sites is 1. The number of hydrogen-bond donors (Lipinski definition) is 2. The van der Waals surface area contributed by atoms with Gasteiger partial charge in [0.15, 0.2) is 0 Å². The third-order valence-corrected chi connectivity index (χ3v) is 5.31. The van der Waals surface area contributed by atoms with E-state index in [-0.39, 0.29) is 11.2 Å². The van der Waals surface area contributed by atoms with Gasteiger partial charge in [0.1, 0.15) is 0 Å². The molecule has 2 heterocycles. The first kappa shape index (κ1) is 18.6. The van der Waals surface area contributed by atoms with Crippen LogP contribution in [-0.4, -0.2) is 25.4 Å². The number of nitrogens with zero attached hydrogens (tertiary/aromatic N) is 4. The molecule has 9 nitrogen and oxygen atoms in total. The van der Waals surface area contributed by atoms with E-state index in [4.69, 9.17) is 0 Å². The minimum Gasteiger partial charge on any atom is -0.295 e. The van der Waals surface area contributed by atoms with E-state index in [1.165, 1.54) is 40.3 Å². The molecule has 0 aliphatic rings. The summed E-state index contributed by atoms with van der Waals surface area (Å²) in [5, 5.41) is 18.8. The van der Waals surface area contributed by atoms with Gasteiger partial charge in [0, 0.05) is 17.8 Å². The molecule has 0 spiro atoms. The van der Waals surface area contributed by atoms with Crippen molar-refractivity contribution in [2.75, 3.05) is 5.43 Å². The maximum Gasteiger partial charge on any atom is 0.280 e. The van der Waals surface area contributed by atoms with Crippen molar-refractivity contribution >= 4 is 38.1 Å². The standard InChI is InChI=1S/C19H16N6O3S/c1-11(21-22-19-20-15-5-3-4-6-16(15)29-19)17-12(2)23-24(18(17)26)13-7-9-14(10-8-13)25(27)28/h3-10,23H,1-2H3,(H,20,22)/b21-11-. The Hall–Kier alpha value is -3.79. The molecule has 0 amide bonds. The number of rotatable bonds is 5. The van der Waals surface area contributed by atoms with Gasteiger partial charge < -0.3 is 0 Å². The molecule has 0 atom stereocenters. The predicted octanol–water partition coefficient (Wildman–Crippen LogP) is 3.83. The number of nitrogens with one attached hydrogen (secondary N) is 2. The summed E-state index contributed by atoms with van der Waals surface area (Å²) in [7, 11) is 0. The highest BCUT2D eigenvalue weighted by Gasteiger charge is 2.16. The number of hydrogen-bond acceptors (Lipinski definition) is 7. The van der Waals surface area contributed by atoms with E-state index in [1.807, 2.05) is 24.3 Å². The highest BCUT2D eigenvalue weighted by Crippen LogP contribution is 2.25. The third-order valence-electron chi connectivity index (χ3n) is 4.37. The van der Waals surface area contributed by atoms with Crippen LogP contribution in [0, 0.1) is 17.0 Å². The molecule has 4 rings (SSSR count). The number of anilines is 1. The summed E-state index contributed by atoms with van der Waals surface area (Å²) in [5.74, 6) is 0. The third kappa shape index (κ3) is 3.52. The van der Waals surface area contributed by atoms with Crippen molar-refractivity contribution in [2.24, 2.45) is 5.10 Å². The van der Waals surface area contributed by atoms with Gasteiger partial charge in [-0.15, -0.1) is 0 Å². The van der Waals surface area contributed by atoms with Crippen molar-refractivity contribution in [1.29, 1.82) is 0 Å². The summed E-state index contributed by atoms with van der Waals surface area (Å²) < 4.78 is 2.38. The summed E-state index contributed by atoms with van der Waals surface area (Å²) in [4.78, 5) is 27.7. The van der Waals surface area contributed by atoms with Crippen LogP contribution in [0.25, 0.3) is 15.9 Å². The van der Waals surface area contributed by atoms with E-state index in [0.717, 1.165) is 10.2 Å². The summed E-state index contributed by atoms with van der Waals surface area (Å²) in [6, 6.07) is 13.5. The summed E-state index contributed by atoms with van der Waals surface area (Å²) in [6.07, 6.45) is 0. The van der Waals surface area contributed by atoms with Gasteiger partial charge in [-0.2, -0.15) is 5.10 Å². The molecule has 0 bridgehead atoms. The van der Waals surface area contributed by atoms with Gasteiger partial charge in [0.25, 0.3) is 11.2 Å². The Bertz CT molecular complexity index is 1270. The smallest absolute Gasteiger partial charge is 0.280 e. The molecular formula is C19H16N6O3S. The minimum absolute atomic E-state index is 0.0388. The number of thiazole rings is 1. The largest absolute Gasteiger partial charge is 0.295 e. The van der Waals surface area contributed by atoms with E-state index in [2.05, 4.69) is 20.6 Å². The Labute approximate surface area is 168 Å². The van der Waals surface area contributed by atoms with Crippen LogP contribution in [0.2, 0.25) is 0 Å². The number of aromatic amines is 1. The van der Waals surface area contributed by atoms with Gasteiger partial charge in [0.05, 0.1) is 32.1 Å². The zero-order valence-electron chi connectivity index (χ0n) is 15.5. The lowest BCUT2D eigenvalue weighted by Gasteiger charge is -2.00. The van der Waals surface area contributed by atoms with Crippen molar-refractivity contribution in [3.8, 4) is 5.69 Å². The Morgan fingerprint density at radius 3 is 2.66 bits per heavy atom. The van der Waals surface area contributed by atoms with Crippen LogP contribution in [0.5, 0.6) is 0 Å². The Morgan fingerprint density at radius 1 is 1.24 bits per heavy atom. The molecule has 0 saturated heterocycles. The molecule has 0 unspecified atom stereocenters. The average Bonchev–Trinajstić information content (AvgIpc) is 3.26. The number of nitro groups is 1. The highest BCUT2D eigenvalue weighted by atomic mass is 32.1. The van der Waals surface area contributed by atoms with Crippen molar-refractivity contribution in [3.63, 3.8) is 0 Å². The van der Waals surface area contributed by atoms with E-state index in [9.17, 15) is 14.9 Å². The van der Waals surface area contributed by atoms with Gasteiger partial charge in [-0.3, -0.25) is 25.4 Å². The van der Waals surface area contributed by atoms with E-state index >= 15 is 0 Å². The van der Waals surface area contributed by atoms with Crippen LogP contribution in [0.4, 0.5) is 10.8 Å². The Morgan fingerprint density at radius 2 is 1.97 bits per heavy atom. The maximum atomic E-state index is 12.9. The number of fused-ring (bicyclic) bond motifs is 1. The zero-order valence-corrected chi connectivity index (χ0v) is 16.4. The van der Waals surface area contributed by atoms with Crippen LogP contribution in [-0.2, 0) is 0 Å². The number of benzene rings is 2. The highest BCUT2D eigenvalue weighted by molar-refractivity contribution is 7.22. The molecule has 2 aromatic carbocycles. The Kier molecular flexibility index (Phi) is 4.69. The predicted molar refractivity (Wildman–Crippen MR) is 113 cm³/mol. The summed E-state index contributed by atoms with van der Waals surface area (Å²) >= 11 is 1.47. The van der Waals surface area contributed by atoms with Gasteiger partial charge in [-0.25, -0.2) is 9.67 Å². The van der Waals surface area contributed by atoms with Crippen LogP contribution >= 0.6 is 11.3 Å². The number of hydrazone groups is 1. The number of nitro benzene ring substituents is 1. The first-order chi connectivity index (χ1) is 13.9. The van der Waals surface area contributed by atoms with Crippen molar-refractivity contribution < 1.29 is 4.92 Å². The van der Waals surface area contributed by atoms with Crippen molar-refractivity contribution in [2.45, 2.75) is 13.8 Å². The van der Waals surface area contributed by atoms with Crippen molar-refractivity contribution in [3.05, 3.63) is 80.3 Å². The van der Waals surface area contributed by atoms with Gasteiger partial charge in [0.2, 0.25) is 5.13 Å². The quantitative estimate of drug-likeness (QED) is 0.296. The maximum absolute atomic E-state index is 12.9. The molecule has 0 aliphatic carbocycles. The van der Waals surface area contributed by atoms with Gasteiger partial charge in [-0.05, 0) is 38.1 Å². The molecule has 4 aromatic rings. The van der Waals surface area contributed by atoms with Crippen LogP contribution < -0.4 is 11.0 Å². The molecule has 0 saturated carbocycles. The number of aryl methyl sites for hydroxylation is 1. The zero-order chi connectivity index (χ0) is 20.5. The molecular weight excluding hydrogens is 392 g/mol. The minimum atomic E-state index is -0.484. The second kappa shape index (κ2) is 7.32. The molecule has 0 fully saturated rings. The molecule has 146 valence electrons. The van der Waals surface area contributed by atoms with Crippen molar-refractivity contribution in [1.82, 2.24) is 14.8 Å². The topological polar surface area (TPSA) is 118 Å². The molecule has 10 heteroatoms. The van der Waals surface area contributed by atoms with Gasteiger partial charge in [-0.1, -0.05) is 23.5 Å². The van der Waals surface area contributed by atoms with E-state index < -0.39 is 4.92 Å². The lowest BCUT2D eigenvalue weighted by atomic mass is 10.2. The fourth-order valence-electron chi connectivity index (χ4n) is 2.99. The van der Waals surface area contributed by atoms with Crippen LogP contribution in [0.1, 0.15) is 18.2 Å². The van der Waals surface area contributed by atoms with E-state index in [0.29, 0.717) is 27.8 Å². The lowest BCUT2D eigenvalue weighted by molar-refractivity contribution is -0.384. The molecule has 0 radical (unpaired) electrons. The number of non-ortho nitro benzene ring substituents is 1. The second-order valence-corrected chi connectivity index (χ2v) is 7.35. The first-order valence-corrected chi connectivity index (χ1v) is 9.48. The van der Waals surface area contributed by atoms with Crippen LogP contribution in [0.15, 0.2) is 58.4 Å². The second-order valence-electron chi connectivity index (χ2n) is 6.32. The number of H-pyrrole nitrogens is 1. The summed E-state index contributed by atoms with van der Waals surface area (Å²) in [5.41, 5.74) is 5.54. The van der Waals surface area contributed by atoms with E-state index in [1.54, 1.807) is 13.8 Å². The monoisotopic (exact) mass is 408 g/mol. The lowest BCUT2D eigenvalue weighted by Crippen LogP contribution is -2.20. The molecule has 2 N–H and O–H groups in total.